The van der Waals surface area contributed by atoms with Gasteiger partial charge in [0.15, 0.2) is 11.6 Å². The van der Waals surface area contributed by atoms with Gasteiger partial charge in [-0.3, -0.25) is 4.79 Å². The molecule has 202 valence electrons. The molecule has 3 aromatic rings. The van der Waals surface area contributed by atoms with Crippen molar-refractivity contribution in [3.05, 3.63) is 77.0 Å². The maximum absolute atomic E-state index is 15.3. The van der Waals surface area contributed by atoms with Crippen molar-refractivity contribution in [2.45, 2.75) is 71.3 Å². The van der Waals surface area contributed by atoms with Gasteiger partial charge in [0.1, 0.15) is 12.4 Å². The van der Waals surface area contributed by atoms with E-state index < -0.39 is 23.5 Å². The highest BCUT2D eigenvalue weighted by atomic mass is 19.1. The Kier molecular flexibility index (Phi) is 8.34. The highest BCUT2D eigenvalue weighted by Gasteiger charge is 2.37. The van der Waals surface area contributed by atoms with Crippen molar-refractivity contribution >= 4 is 5.97 Å². The molecule has 38 heavy (non-hydrogen) atoms. The predicted molar refractivity (Wildman–Crippen MR) is 143 cm³/mol. The molecule has 1 N–H and O–H groups in total. The Morgan fingerprint density at radius 2 is 1.97 bits per heavy atom. The number of pyridine rings is 1. The highest BCUT2D eigenvalue weighted by Crippen LogP contribution is 2.51. The molecule has 5 nitrogen and oxygen atoms in total. The zero-order chi connectivity index (χ0) is 27.4. The second-order valence-corrected chi connectivity index (χ2v) is 10.7. The molecule has 0 aliphatic heterocycles. The van der Waals surface area contributed by atoms with Crippen molar-refractivity contribution in [2.24, 2.45) is 5.41 Å². The molecule has 1 fully saturated rings. The van der Waals surface area contributed by atoms with Crippen molar-refractivity contribution in [3.8, 4) is 22.8 Å². The topological polar surface area (TPSA) is 68.7 Å². The van der Waals surface area contributed by atoms with Gasteiger partial charge in [-0.05, 0) is 64.8 Å². The maximum Gasteiger partial charge on any atom is 0.303 e. The van der Waals surface area contributed by atoms with E-state index in [1.54, 1.807) is 24.3 Å². The van der Waals surface area contributed by atoms with Crippen molar-refractivity contribution < 1.29 is 28.2 Å². The van der Waals surface area contributed by atoms with Crippen molar-refractivity contribution in [1.82, 2.24) is 4.98 Å². The summed E-state index contributed by atoms with van der Waals surface area (Å²) in [4.78, 5) is 15.2. The van der Waals surface area contributed by atoms with E-state index in [2.05, 4.69) is 18.8 Å². The minimum atomic E-state index is -0.965. The first kappa shape index (κ1) is 27.6. The normalized spacial score (nSPS) is 17.3. The first-order valence-electron chi connectivity index (χ1n) is 13.1. The van der Waals surface area contributed by atoms with Crippen LogP contribution < -0.4 is 9.47 Å². The first-order chi connectivity index (χ1) is 18.1. The lowest BCUT2D eigenvalue weighted by atomic mass is 9.75. The zero-order valence-electron chi connectivity index (χ0n) is 22.4. The fraction of sp³-hybridized carbons (Fsp3) is 0.419. The van der Waals surface area contributed by atoms with Crippen molar-refractivity contribution in [1.29, 1.82) is 0 Å². The Hall–Kier alpha value is -3.48. The van der Waals surface area contributed by atoms with Gasteiger partial charge in [-0.15, -0.1) is 0 Å². The molecule has 1 aromatic heterocycles. The van der Waals surface area contributed by atoms with Crippen LogP contribution in [0.1, 0.15) is 81.4 Å². The quantitative estimate of drug-likeness (QED) is 0.293. The number of ether oxygens (including phenoxy) is 2. The first-order valence-corrected chi connectivity index (χ1v) is 13.1. The summed E-state index contributed by atoms with van der Waals surface area (Å²) in [5.74, 6) is -1.69. The molecule has 0 amide bonds. The molecular formula is C31H35F2NO4. The van der Waals surface area contributed by atoms with Gasteiger partial charge in [0.2, 0.25) is 5.88 Å². The van der Waals surface area contributed by atoms with E-state index in [-0.39, 0.29) is 30.1 Å². The third-order valence-electron chi connectivity index (χ3n) is 7.82. The van der Waals surface area contributed by atoms with Crippen LogP contribution in [0.4, 0.5) is 8.78 Å². The summed E-state index contributed by atoms with van der Waals surface area (Å²) in [7, 11) is 1.50. The number of nitrogens with zero attached hydrogens (tertiary/aromatic N) is 1. The van der Waals surface area contributed by atoms with E-state index in [1.165, 1.54) is 13.3 Å². The third-order valence-corrected chi connectivity index (χ3v) is 7.82. The number of carbonyl (C=O) groups is 1. The fourth-order valence-electron chi connectivity index (χ4n) is 5.68. The van der Waals surface area contributed by atoms with Crippen LogP contribution in [0.5, 0.6) is 11.6 Å². The van der Waals surface area contributed by atoms with E-state index in [1.807, 2.05) is 25.1 Å². The Morgan fingerprint density at radius 3 is 2.63 bits per heavy atom. The minimum Gasteiger partial charge on any atom is -0.486 e. The Balaban J connectivity index is 1.67. The summed E-state index contributed by atoms with van der Waals surface area (Å²) in [6, 6.07) is 12.3. The van der Waals surface area contributed by atoms with Crippen molar-refractivity contribution in [2.75, 3.05) is 7.11 Å². The zero-order valence-corrected chi connectivity index (χ0v) is 22.4. The Bertz CT molecular complexity index is 1310. The maximum atomic E-state index is 15.3. The number of carboxylic acids is 1. The number of aliphatic carboxylic acids is 1. The van der Waals surface area contributed by atoms with Crippen LogP contribution in [0.15, 0.2) is 48.7 Å². The number of benzene rings is 2. The minimum absolute atomic E-state index is 0.0432. The monoisotopic (exact) mass is 523 g/mol. The molecule has 2 aromatic carbocycles. The van der Waals surface area contributed by atoms with Gasteiger partial charge >= 0.3 is 5.97 Å². The van der Waals surface area contributed by atoms with Crippen molar-refractivity contribution in [3.63, 3.8) is 0 Å². The fourth-order valence-corrected chi connectivity index (χ4v) is 5.68. The number of halogens is 2. The molecule has 7 heteroatoms. The van der Waals surface area contributed by atoms with Crippen LogP contribution in [0.3, 0.4) is 0 Å². The molecule has 1 aliphatic carbocycles. The number of methoxy groups -OCH3 is 1. The van der Waals surface area contributed by atoms with Gasteiger partial charge in [0, 0.05) is 11.6 Å². The van der Waals surface area contributed by atoms with Crippen LogP contribution in [0.2, 0.25) is 0 Å². The van der Waals surface area contributed by atoms with E-state index in [9.17, 15) is 14.3 Å². The number of carboxylic acid groups (broad SMARTS) is 1. The standard InChI is InChI=1S/C31H35F2NO4/c1-5-20(15-29(35)36)21-8-6-10-27(30(21)33)38-18-19-11-12-22(24-16-28(37-4)34-17-26(24)32)23(14-19)25-9-7-13-31(25,2)3/h6,8,10-12,14,16-17,20,25H,5,7,9,13,15,18H2,1-4H3,(H,35,36)/t20-,25+/m0/s1. The second kappa shape index (κ2) is 11.5. The highest BCUT2D eigenvalue weighted by molar-refractivity contribution is 5.70. The van der Waals surface area contributed by atoms with Gasteiger partial charge < -0.3 is 14.6 Å². The lowest BCUT2D eigenvalue weighted by Gasteiger charge is -2.30. The predicted octanol–water partition coefficient (Wildman–Crippen LogP) is 7.88. The number of rotatable bonds is 10. The summed E-state index contributed by atoms with van der Waals surface area (Å²) in [5.41, 5.74) is 3.49. The van der Waals surface area contributed by atoms with E-state index >= 15 is 4.39 Å². The third kappa shape index (κ3) is 5.82. The molecule has 1 heterocycles. The van der Waals surface area contributed by atoms with Crippen LogP contribution >= 0.6 is 0 Å². The molecule has 4 rings (SSSR count). The largest absolute Gasteiger partial charge is 0.486 e. The van der Waals surface area contributed by atoms with Gasteiger partial charge in [-0.2, -0.15) is 0 Å². The van der Waals surface area contributed by atoms with Crippen LogP contribution in [0, 0.1) is 17.0 Å². The summed E-state index contributed by atoms with van der Waals surface area (Å²) in [6.45, 7) is 6.45. The summed E-state index contributed by atoms with van der Waals surface area (Å²) < 4.78 is 41.4. The molecule has 0 saturated heterocycles. The van der Waals surface area contributed by atoms with Crippen LogP contribution in [0.25, 0.3) is 11.1 Å². The molecule has 0 radical (unpaired) electrons. The average molecular weight is 524 g/mol. The van der Waals surface area contributed by atoms with E-state index in [0.29, 0.717) is 23.4 Å². The molecule has 1 saturated carbocycles. The average Bonchev–Trinajstić information content (AvgIpc) is 3.25. The molecule has 2 atom stereocenters. The van der Waals surface area contributed by atoms with E-state index in [0.717, 1.165) is 36.0 Å². The number of hydrogen-bond acceptors (Lipinski definition) is 4. The van der Waals surface area contributed by atoms with Crippen LogP contribution in [-0.2, 0) is 11.4 Å². The van der Waals surface area contributed by atoms with Crippen LogP contribution in [-0.4, -0.2) is 23.2 Å². The summed E-state index contributed by atoms with van der Waals surface area (Å²) in [6.07, 6.45) is 4.70. The Morgan fingerprint density at radius 1 is 1.18 bits per heavy atom. The molecule has 0 unspecified atom stereocenters. The smallest absolute Gasteiger partial charge is 0.303 e. The summed E-state index contributed by atoms with van der Waals surface area (Å²) in [5, 5.41) is 9.20. The van der Waals surface area contributed by atoms with Gasteiger partial charge in [-0.25, -0.2) is 13.8 Å². The lowest BCUT2D eigenvalue weighted by Crippen LogP contribution is -2.17. The Labute approximate surface area is 222 Å². The molecule has 0 bridgehead atoms. The van der Waals surface area contributed by atoms with Gasteiger partial charge in [0.05, 0.1) is 19.7 Å². The summed E-state index contributed by atoms with van der Waals surface area (Å²) >= 11 is 0. The number of aromatic nitrogens is 1. The second-order valence-electron chi connectivity index (χ2n) is 10.7. The van der Waals surface area contributed by atoms with E-state index in [4.69, 9.17) is 9.47 Å². The van der Waals surface area contributed by atoms with Gasteiger partial charge in [0.25, 0.3) is 0 Å². The van der Waals surface area contributed by atoms with Gasteiger partial charge in [-0.1, -0.05) is 57.5 Å². The lowest BCUT2D eigenvalue weighted by molar-refractivity contribution is -0.137. The number of hydrogen-bond donors (Lipinski definition) is 1. The SMILES string of the molecule is CC[C@@H](CC(=O)O)c1cccc(OCc2ccc(-c3cc(OC)ncc3F)c([C@H]3CCCC3(C)C)c2)c1F. The molecular weight excluding hydrogens is 488 g/mol. The molecule has 1 aliphatic rings. The molecule has 0 spiro atoms.